The molecule has 25 heavy (non-hydrogen) atoms. The predicted octanol–water partition coefficient (Wildman–Crippen LogP) is 3.46. The van der Waals surface area contributed by atoms with Crippen LogP contribution >= 0.6 is 0 Å². The number of anilines is 1. The third-order valence-corrected chi connectivity index (χ3v) is 4.59. The van der Waals surface area contributed by atoms with Crippen molar-refractivity contribution in [3.63, 3.8) is 0 Å². The summed E-state index contributed by atoms with van der Waals surface area (Å²) >= 11 is 0. The molecule has 1 saturated heterocycles. The number of pyridine rings is 1. The van der Waals surface area contributed by atoms with Crippen molar-refractivity contribution in [2.45, 2.75) is 0 Å². The van der Waals surface area contributed by atoms with Crippen molar-refractivity contribution in [3.05, 3.63) is 54.3 Å². The molecule has 4 nitrogen and oxygen atoms in total. The monoisotopic (exact) mass is 337 g/mol. The number of methoxy groups -OCH3 is 1. The van der Waals surface area contributed by atoms with Gasteiger partial charge in [0.05, 0.1) is 18.2 Å². The number of hydrogen-bond acceptors (Lipinski definition) is 4. The summed E-state index contributed by atoms with van der Waals surface area (Å²) in [6, 6.07) is 14.9. The highest BCUT2D eigenvalue weighted by molar-refractivity contribution is 5.95. The Hall–Kier alpha value is -2.66. The van der Waals surface area contributed by atoms with E-state index in [4.69, 9.17) is 9.72 Å². The summed E-state index contributed by atoms with van der Waals surface area (Å²) in [5.74, 6) is 1.31. The van der Waals surface area contributed by atoms with Crippen LogP contribution in [-0.2, 0) is 0 Å². The summed E-state index contributed by atoms with van der Waals surface area (Å²) in [6.07, 6.45) is 0. The van der Waals surface area contributed by atoms with Crippen LogP contribution in [0.5, 0.6) is 5.75 Å². The van der Waals surface area contributed by atoms with E-state index >= 15 is 0 Å². The number of nitrogens with one attached hydrogen (secondary N) is 1. The van der Waals surface area contributed by atoms with Crippen LogP contribution in [-0.4, -0.2) is 38.3 Å². The van der Waals surface area contributed by atoms with Gasteiger partial charge in [0.15, 0.2) is 0 Å². The molecule has 3 aromatic rings. The number of piperazine rings is 1. The van der Waals surface area contributed by atoms with Crippen LogP contribution in [0.4, 0.5) is 10.2 Å². The molecule has 0 unspecified atom stereocenters. The lowest BCUT2D eigenvalue weighted by atomic mass is 10.1. The third-order valence-electron chi connectivity index (χ3n) is 4.59. The zero-order valence-electron chi connectivity index (χ0n) is 14.1. The maximum Gasteiger partial charge on any atom is 0.140 e. The van der Waals surface area contributed by atoms with Crippen LogP contribution in [0.1, 0.15) is 0 Å². The summed E-state index contributed by atoms with van der Waals surface area (Å²) in [5, 5.41) is 4.80. The molecule has 1 fully saturated rings. The second-order valence-corrected chi connectivity index (χ2v) is 6.13. The highest BCUT2D eigenvalue weighted by Gasteiger charge is 2.18. The summed E-state index contributed by atoms with van der Waals surface area (Å²) in [6.45, 7) is 3.40. The minimum Gasteiger partial charge on any atom is -0.497 e. The molecule has 2 aromatic carbocycles. The van der Waals surface area contributed by atoms with Gasteiger partial charge >= 0.3 is 0 Å². The molecule has 1 aliphatic heterocycles. The first-order chi connectivity index (χ1) is 12.3. The van der Waals surface area contributed by atoms with E-state index < -0.39 is 0 Å². The van der Waals surface area contributed by atoms with Gasteiger partial charge < -0.3 is 15.0 Å². The molecule has 0 aliphatic carbocycles. The second kappa shape index (κ2) is 6.69. The number of hydrogen-bond donors (Lipinski definition) is 1. The van der Waals surface area contributed by atoms with Gasteiger partial charge in [-0.05, 0) is 41.8 Å². The molecule has 0 amide bonds. The first-order valence-corrected chi connectivity index (χ1v) is 8.45. The summed E-state index contributed by atoms with van der Waals surface area (Å²) in [4.78, 5) is 6.99. The second-order valence-electron chi connectivity index (χ2n) is 6.13. The third kappa shape index (κ3) is 3.03. The van der Waals surface area contributed by atoms with Gasteiger partial charge in [-0.2, -0.15) is 0 Å². The lowest BCUT2D eigenvalue weighted by molar-refractivity contribution is 0.415. The van der Waals surface area contributed by atoms with E-state index in [1.54, 1.807) is 13.2 Å². The van der Waals surface area contributed by atoms with Gasteiger partial charge in [0.1, 0.15) is 17.4 Å². The van der Waals surface area contributed by atoms with Gasteiger partial charge in [0.2, 0.25) is 0 Å². The Labute approximate surface area is 146 Å². The van der Waals surface area contributed by atoms with Crippen LogP contribution in [0.3, 0.4) is 0 Å². The van der Waals surface area contributed by atoms with Crippen molar-refractivity contribution in [2.75, 3.05) is 38.2 Å². The highest BCUT2D eigenvalue weighted by atomic mass is 19.1. The van der Waals surface area contributed by atoms with Gasteiger partial charge in [0.25, 0.3) is 0 Å². The Bertz CT molecular complexity index is 889. The topological polar surface area (TPSA) is 37.4 Å². The number of ether oxygens (including phenoxy) is 1. The Morgan fingerprint density at radius 3 is 2.56 bits per heavy atom. The number of benzene rings is 2. The van der Waals surface area contributed by atoms with Crippen molar-refractivity contribution < 1.29 is 9.13 Å². The Morgan fingerprint density at radius 1 is 1.08 bits per heavy atom. The van der Waals surface area contributed by atoms with E-state index in [9.17, 15) is 4.39 Å². The normalized spacial score (nSPS) is 14.7. The maximum atomic E-state index is 14.5. The largest absolute Gasteiger partial charge is 0.497 e. The van der Waals surface area contributed by atoms with E-state index in [2.05, 4.69) is 10.2 Å². The molecular formula is C20H20FN3O. The quantitative estimate of drug-likeness (QED) is 0.794. The fourth-order valence-electron chi connectivity index (χ4n) is 3.26. The number of halogens is 1. The van der Waals surface area contributed by atoms with Crippen molar-refractivity contribution >= 4 is 16.6 Å². The first-order valence-electron chi connectivity index (χ1n) is 8.45. The Balaban J connectivity index is 1.87. The molecule has 0 atom stereocenters. The predicted molar refractivity (Wildman–Crippen MR) is 98.8 cm³/mol. The molecule has 0 bridgehead atoms. The number of fused-ring (bicyclic) bond motifs is 1. The smallest absolute Gasteiger partial charge is 0.140 e. The molecule has 1 aliphatic rings. The minimum atomic E-state index is -0.222. The Morgan fingerprint density at radius 2 is 1.84 bits per heavy atom. The molecular weight excluding hydrogens is 317 g/mol. The average Bonchev–Trinajstić information content (AvgIpc) is 2.68. The zero-order chi connectivity index (χ0) is 17.2. The van der Waals surface area contributed by atoms with Crippen molar-refractivity contribution in [3.8, 4) is 17.0 Å². The lowest BCUT2D eigenvalue weighted by Gasteiger charge is -2.30. The van der Waals surface area contributed by atoms with Gasteiger partial charge in [-0.15, -0.1) is 0 Å². The zero-order valence-corrected chi connectivity index (χ0v) is 14.1. The van der Waals surface area contributed by atoms with E-state index in [-0.39, 0.29) is 5.82 Å². The van der Waals surface area contributed by atoms with E-state index in [1.807, 2.05) is 36.4 Å². The first kappa shape index (κ1) is 15.8. The molecule has 1 N–H and O–H groups in total. The molecule has 5 heteroatoms. The van der Waals surface area contributed by atoms with Crippen molar-refractivity contribution in [1.82, 2.24) is 10.3 Å². The molecule has 0 spiro atoms. The van der Waals surface area contributed by atoms with Crippen LogP contribution in [0.15, 0.2) is 48.5 Å². The van der Waals surface area contributed by atoms with E-state index in [0.29, 0.717) is 5.39 Å². The van der Waals surface area contributed by atoms with Crippen molar-refractivity contribution in [1.29, 1.82) is 0 Å². The lowest BCUT2D eigenvalue weighted by Crippen LogP contribution is -2.44. The van der Waals surface area contributed by atoms with Gasteiger partial charge in [0, 0.05) is 31.7 Å². The average molecular weight is 337 g/mol. The van der Waals surface area contributed by atoms with E-state index in [0.717, 1.165) is 54.4 Å². The summed E-state index contributed by atoms with van der Waals surface area (Å²) in [7, 11) is 1.65. The molecule has 0 radical (unpaired) electrons. The SMILES string of the molecule is COc1ccc(-c2cc3cccc(F)c3c(N3CCNCC3)n2)cc1. The van der Waals surface area contributed by atoms with Gasteiger partial charge in [-0.25, -0.2) is 9.37 Å². The molecule has 1 aromatic heterocycles. The van der Waals surface area contributed by atoms with Crippen molar-refractivity contribution in [2.24, 2.45) is 0 Å². The minimum absolute atomic E-state index is 0.222. The number of aromatic nitrogens is 1. The number of rotatable bonds is 3. The summed E-state index contributed by atoms with van der Waals surface area (Å²) < 4.78 is 19.8. The maximum absolute atomic E-state index is 14.5. The van der Waals surface area contributed by atoms with Gasteiger partial charge in [-0.3, -0.25) is 0 Å². The number of nitrogens with zero attached hydrogens (tertiary/aromatic N) is 2. The highest BCUT2D eigenvalue weighted by Crippen LogP contribution is 2.32. The van der Waals surface area contributed by atoms with Gasteiger partial charge in [-0.1, -0.05) is 12.1 Å². The van der Waals surface area contributed by atoms with Crippen LogP contribution < -0.4 is 15.0 Å². The Kier molecular flexibility index (Phi) is 4.24. The molecule has 128 valence electrons. The fourth-order valence-corrected chi connectivity index (χ4v) is 3.26. The van der Waals surface area contributed by atoms with Crippen LogP contribution in [0, 0.1) is 5.82 Å². The van der Waals surface area contributed by atoms with Crippen LogP contribution in [0.2, 0.25) is 0 Å². The molecule has 4 rings (SSSR count). The molecule has 0 saturated carbocycles. The molecule has 2 heterocycles. The fraction of sp³-hybridized carbons (Fsp3) is 0.250. The van der Waals surface area contributed by atoms with Crippen LogP contribution in [0.25, 0.3) is 22.0 Å². The van der Waals surface area contributed by atoms with E-state index in [1.165, 1.54) is 6.07 Å². The standard InChI is InChI=1S/C20H20FN3O/c1-25-16-7-5-14(6-8-16)18-13-15-3-2-4-17(21)19(15)20(23-18)24-11-9-22-10-12-24/h2-8,13,22H,9-12H2,1H3. The summed E-state index contributed by atoms with van der Waals surface area (Å²) in [5.41, 5.74) is 1.83.